The Morgan fingerprint density at radius 3 is 2.86 bits per heavy atom. The summed E-state index contributed by atoms with van der Waals surface area (Å²) >= 11 is 9.47. The van der Waals surface area contributed by atoms with E-state index in [1.807, 2.05) is 12.1 Å². The lowest BCUT2D eigenvalue weighted by Gasteiger charge is -2.11. The van der Waals surface area contributed by atoms with Gasteiger partial charge in [-0.3, -0.25) is 0 Å². The van der Waals surface area contributed by atoms with E-state index in [2.05, 4.69) is 34.2 Å². The molecule has 1 aromatic rings. The van der Waals surface area contributed by atoms with Crippen LogP contribution in [0.25, 0.3) is 0 Å². The highest BCUT2D eigenvalue weighted by atomic mass is 79.9. The minimum Gasteiger partial charge on any atom is -0.314 e. The van der Waals surface area contributed by atoms with Crippen molar-refractivity contribution in [3.05, 3.63) is 33.3 Å². The van der Waals surface area contributed by atoms with E-state index in [0.717, 1.165) is 16.0 Å². The highest BCUT2D eigenvalue weighted by molar-refractivity contribution is 9.10. The topological polar surface area (TPSA) is 12.0 Å². The van der Waals surface area contributed by atoms with Gasteiger partial charge in [-0.2, -0.15) is 0 Å². The highest BCUT2D eigenvalue weighted by Gasteiger charge is 2.23. The Morgan fingerprint density at radius 2 is 2.29 bits per heavy atom. The van der Waals surface area contributed by atoms with Crippen molar-refractivity contribution in [1.82, 2.24) is 5.32 Å². The monoisotopic (exact) mass is 273 g/mol. The predicted molar refractivity (Wildman–Crippen MR) is 64.0 cm³/mol. The second-order valence-corrected chi connectivity index (χ2v) is 5.20. The Bertz CT molecular complexity index is 340. The first-order valence-corrected chi connectivity index (χ1v) is 6.02. The van der Waals surface area contributed by atoms with Crippen LogP contribution in [0.1, 0.15) is 24.8 Å². The van der Waals surface area contributed by atoms with Crippen molar-refractivity contribution in [3.63, 3.8) is 0 Å². The maximum Gasteiger partial charge on any atom is 0.0417 e. The van der Waals surface area contributed by atoms with Crippen LogP contribution in [0.3, 0.4) is 0 Å². The molecule has 1 aliphatic heterocycles. The normalized spacial score (nSPS) is 26.8. The molecule has 1 heterocycles. The second kappa shape index (κ2) is 4.21. The van der Waals surface area contributed by atoms with Gasteiger partial charge < -0.3 is 5.32 Å². The fourth-order valence-electron chi connectivity index (χ4n) is 2.01. The zero-order valence-electron chi connectivity index (χ0n) is 8.06. The molecule has 3 heteroatoms. The summed E-state index contributed by atoms with van der Waals surface area (Å²) < 4.78 is 1.13. The SMILES string of the molecule is CC1CC(c2ccc(Cl)cc2Br)CN1. The van der Waals surface area contributed by atoms with E-state index in [0.29, 0.717) is 12.0 Å². The van der Waals surface area contributed by atoms with Gasteiger partial charge in [0.15, 0.2) is 0 Å². The molecule has 1 nitrogen and oxygen atoms in total. The number of hydrogen-bond acceptors (Lipinski definition) is 1. The van der Waals surface area contributed by atoms with E-state index in [-0.39, 0.29) is 0 Å². The van der Waals surface area contributed by atoms with Crippen molar-refractivity contribution in [2.24, 2.45) is 0 Å². The molecule has 1 N–H and O–H groups in total. The molecule has 1 aliphatic rings. The maximum atomic E-state index is 5.91. The van der Waals surface area contributed by atoms with Crippen molar-refractivity contribution in [1.29, 1.82) is 0 Å². The van der Waals surface area contributed by atoms with Gasteiger partial charge in [0.2, 0.25) is 0 Å². The van der Waals surface area contributed by atoms with Crippen molar-refractivity contribution < 1.29 is 0 Å². The minimum atomic E-state index is 0.622. The molecule has 0 saturated carbocycles. The first kappa shape index (κ1) is 10.5. The van der Waals surface area contributed by atoms with Crippen molar-refractivity contribution >= 4 is 27.5 Å². The summed E-state index contributed by atoms with van der Waals surface area (Å²) in [6.45, 7) is 3.30. The predicted octanol–water partition coefficient (Wildman–Crippen LogP) is 3.57. The van der Waals surface area contributed by atoms with Crippen LogP contribution in [0.2, 0.25) is 5.02 Å². The van der Waals surface area contributed by atoms with Crippen LogP contribution in [0, 0.1) is 0 Å². The van der Waals surface area contributed by atoms with Gasteiger partial charge in [0.25, 0.3) is 0 Å². The quantitative estimate of drug-likeness (QED) is 0.825. The van der Waals surface area contributed by atoms with Crippen LogP contribution in [0.4, 0.5) is 0 Å². The molecule has 2 atom stereocenters. The number of rotatable bonds is 1. The largest absolute Gasteiger partial charge is 0.314 e. The van der Waals surface area contributed by atoms with Gasteiger partial charge in [-0.1, -0.05) is 33.6 Å². The van der Waals surface area contributed by atoms with Crippen LogP contribution < -0.4 is 5.32 Å². The average molecular weight is 275 g/mol. The lowest BCUT2D eigenvalue weighted by molar-refractivity contribution is 0.658. The van der Waals surface area contributed by atoms with Crippen molar-refractivity contribution in [3.8, 4) is 0 Å². The van der Waals surface area contributed by atoms with Crippen molar-refractivity contribution in [2.75, 3.05) is 6.54 Å². The third-order valence-electron chi connectivity index (χ3n) is 2.75. The molecule has 0 aliphatic carbocycles. The molecule has 0 amide bonds. The molecule has 1 aromatic carbocycles. The van der Waals surface area contributed by atoms with E-state index >= 15 is 0 Å². The molecule has 1 fully saturated rings. The highest BCUT2D eigenvalue weighted by Crippen LogP contribution is 2.32. The standard InChI is InChI=1S/C11H13BrClN/c1-7-4-8(6-14-7)10-3-2-9(13)5-11(10)12/h2-3,5,7-8,14H,4,6H2,1H3. The number of hydrogen-bond donors (Lipinski definition) is 1. The molecular weight excluding hydrogens is 261 g/mol. The molecular formula is C11H13BrClN. The third kappa shape index (κ3) is 2.13. The minimum absolute atomic E-state index is 0.622. The number of nitrogens with one attached hydrogen (secondary N) is 1. The zero-order valence-corrected chi connectivity index (χ0v) is 10.4. The molecule has 0 aromatic heterocycles. The van der Waals surface area contributed by atoms with E-state index in [9.17, 15) is 0 Å². The molecule has 76 valence electrons. The summed E-state index contributed by atoms with van der Waals surface area (Å²) in [4.78, 5) is 0. The fourth-order valence-corrected chi connectivity index (χ4v) is 3.01. The van der Waals surface area contributed by atoms with E-state index < -0.39 is 0 Å². The van der Waals surface area contributed by atoms with Gasteiger partial charge in [-0.15, -0.1) is 0 Å². The Balaban J connectivity index is 2.24. The van der Waals surface area contributed by atoms with E-state index in [4.69, 9.17) is 11.6 Å². The molecule has 2 rings (SSSR count). The maximum absolute atomic E-state index is 5.91. The van der Waals surface area contributed by atoms with Gasteiger partial charge in [0.05, 0.1) is 0 Å². The number of benzene rings is 1. The molecule has 14 heavy (non-hydrogen) atoms. The lowest BCUT2D eigenvalue weighted by atomic mass is 9.97. The summed E-state index contributed by atoms with van der Waals surface area (Å²) in [6.07, 6.45) is 1.21. The van der Waals surface area contributed by atoms with Gasteiger partial charge in [-0.25, -0.2) is 0 Å². The second-order valence-electron chi connectivity index (χ2n) is 3.91. The fraction of sp³-hybridized carbons (Fsp3) is 0.455. The summed E-state index contributed by atoms with van der Waals surface area (Å²) in [5.74, 6) is 0.622. The summed E-state index contributed by atoms with van der Waals surface area (Å²) in [6, 6.07) is 6.68. The Hall–Kier alpha value is -0.0500. The average Bonchev–Trinajstić information content (AvgIpc) is 2.51. The van der Waals surface area contributed by atoms with Gasteiger partial charge in [0.1, 0.15) is 0 Å². The van der Waals surface area contributed by atoms with Gasteiger partial charge in [0, 0.05) is 22.1 Å². The van der Waals surface area contributed by atoms with Gasteiger partial charge >= 0.3 is 0 Å². The van der Waals surface area contributed by atoms with Crippen molar-refractivity contribution in [2.45, 2.75) is 25.3 Å². The Kier molecular flexibility index (Phi) is 3.15. The molecule has 1 saturated heterocycles. The Labute approximate surface area is 98.0 Å². The van der Waals surface area contributed by atoms with E-state index in [1.165, 1.54) is 12.0 Å². The van der Waals surface area contributed by atoms with Crippen LogP contribution >= 0.6 is 27.5 Å². The zero-order chi connectivity index (χ0) is 10.1. The lowest BCUT2D eigenvalue weighted by Crippen LogP contribution is -2.16. The first-order valence-electron chi connectivity index (χ1n) is 4.85. The third-order valence-corrected chi connectivity index (χ3v) is 3.67. The van der Waals surface area contributed by atoms with Crippen LogP contribution in [-0.4, -0.2) is 12.6 Å². The summed E-state index contributed by atoms with van der Waals surface area (Å²) in [5.41, 5.74) is 1.37. The first-order chi connectivity index (χ1) is 6.66. The Morgan fingerprint density at radius 1 is 1.50 bits per heavy atom. The van der Waals surface area contributed by atoms with E-state index in [1.54, 1.807) is 0 Å². The van der Waals surface area contributed by atoms with Crippen LogP contribution in [0.15, 0.2) is 22.7 Å². The summed E-state index contributed by atoms with van der Waals surface area (Å²) in [7, 11) is 0. The van der Waals surface area contributed by atoms with Crippen LogP contribution in [0.5, 0.6) is 0 Å². The number of halogens is 2. The smallest absolute Gasteiger partial charge is 0.0417 e. The molecule has 0 spiro atoms. The summed E-state index contributed by atoms with van der Waals surface area (Å²) in [5, 5.41) is 4.25. The molecule has 0 bridgehead atoms. The molecule has 0 radical (unpaired) electrons. The van der Waals surface area contributed by atoms with Gasteiger partial charge in [-0.05, 0) is 37.0 Å². The molecule has 2 unspecified atom stereocenters. The van der Waals surface area contributed by atoms with Crippen LogP contribution in [-0.2, 0) is 0 Å².